The van der Waals surface area contributed by atoms with Crippen LogP contribution in [0.4, 0.5) is 26.3 Å². The Labute approximate surface area is 235 Å². The summed E-state index contributed by atoms with van der Waals surface area (Å²) in [5.74, 6) is -1.59. The number of ether oxygens (including phenoxy) is 1. The van der Waals surface area contributed by atoms with E-state index in [1.165, 1.54) is 41.1 Å². The number of alkyl halides is 6. The SMILES string of the molecule is O=C(NCC(F)(F)F)c1ccc(-n2nnc(C(=O)NCc3ccc(C(F)(F)F)cc3)c2COCc2ccccc2)cc1. The van der Waals surface area contributed by atoms with Gasteiger partial charge in [-0.15, -0.1) is 5.10 Å². The second-order valence-corrected chi connectivity index (χ2v) is 9.00. The van der Waals surface area contributed by atoms with Gasteiger partial charge in [-0.3, -0.25) is 9.59 Å². The van der Waals surface area contributed by atoms with Gasteiger partial charge in [0, 0.05) is 12.1 Å². The Morgan fingerprint density at radius 3 is 2.05 bits per heavy atom. The van der Waals surface area contributed by atoms with E-state index in [4.69, 9.17) is 4.74 Å². The van der Waals surface area contributed by atoms with Crippen LogP contribution < -0.4 is 10.6 Å². The second kappa shape index (κ2) is 12.9. The number of hydrogen-bond donors (Lipinski definition) is 2. The zero-order valence-electron chi connectivity index (χ0n) is 21.7. The van der Waals surface area contributed by atoms with Gasteiger partial charge in [-0.2, -0.15) is 26.3 Å². The molecule has 42 heavy (non-hydrogen) atoms. The average molecular weight is 592 g/mol. The number of benzene rings is 3. The maximum Gasteiger partial charge on any atom is 0.416 e. The van der Waals surface area contributed by atoms with Crippen molar-refractivity contribution in [2.24, 2.45) is 0 Å². The van der Waals surface area contributed by atoms with E-state index in [1.807, 2.05) is 30.3 Å². The third kappa shape index (κ3) is 8.16. The van der Waals surface area contributed by atoms with Crippen LogP contribution in [0.3, 0.4) is 0 Å². The van der Waals surface area contributed by atoms with E-state index in [9.17, 15) is 35.9 Å². The lowest BCUT2D eigenvalue weighted by molar-refractivity contribution is -0.137. The quantitative estimate of drug-likeness (QED) is 0.247. The molecule has 1 heterocycles. The summed E-state index contributed by atoms with van der Waals surface area (Å²) < 4.78 is 82.9. The molecule has 14 heteroatoms. The van der Waals surface area contributed by atoms with Gasteiger partial charge in [-0.05, 0) is 47.5 Å². The van der Waals surface area contributed by atoms with Crippen molar-refractivity contribution in [1.82, 2.24) is 25.6 Å². The van der Waals surface area contributed by atoms with Crippen molar-refractivity contribution in [3.05, 3.63) is 113 Å². The molecule has 0 saturated heterocycles. The molecule has 2 N–H and O–H groups in total. The Morgan fingerprint density at radius 1 is 0.762 bits per heavy atom. The summed E-state index contributed by atoms with van der Waals surface area (Å²) in [5.41, 5.74) is 0.896. The minimum Gasteiger partial charge on any atom is -0.370 e. The van der Waals surface area contributed by atoms with E-state index in [0.29, 0.717) is 11.3 Å². The van der Waals surface area contributed by atoms with Crippen LogP contribution in [0.5, 0.6) is 0 Å². The van der Waals surface area contributed by atoms with E-state index in [2.05, 4.69) is 15.6 Å². The molecule has 4 rings (SSSR count). The van der Waals surface area contributed by atoms with Crippen LogP contribution in [0.1, 0.15) is 43.2 Å². The summed E-state index contributed by atoms with van der Waals surface area (Å²) in [6.45, 7) is -1.50. The van der Waals surface area contributed by atoms with Crippen molar-refractivity contribution in [2.45, 2.75) is 32.1 Å². The first-order valence-electron chi connectivity index (χ1n) is 12.4. The molecular weight excluding hydrogens is 568 g/mol. The van der Waals surface area contributed by atoms with Crippen LogP contribution in [0.2, 0.25) is 0 Å². The third-order valence-electron chi connectivity index (χ3n) is 5.89. The van der Waals surface area contributed by atoms with Crippen LogP contribution in [0.25, 0.3) is 5.69 Å². The van der Waals surface area contributed by atoms with Gasteiger partial charge in [0.1, 0.15) is 12.2 Å². The minimum absolute atomic E-state index is 0.0282. The molecule has 0 atom stereocenters. The Morgan fingerprint density at radius 2 is 1.43 bits per heavy atom. The summed E-state index contributed by atoms with van der Waals surface area (Å²) >= 11 is 0. The van der Waals surface area contributed by atoms with E-state index in [-0.39, 0.29) is 36.7 Å². The number of carbonyl (C=O) groups is 2. The van der Waals surface area contributed by atoms with Crippen LogP contribution in [-0.4, -0.2) is 39.5 Å². The number of nitrogens with zero attached hydrogens (tertiary/aromatic N) is 3. The van der Waals surface area contributed by atoms with Gasteiger partial charge in [-0.25, -0.2) is 4.68 Å². The lowest BCUT2D eigenvalue weighted by Gasteiger charge is -2.11. The largest absolute Gasteiger partial charge is 0.416 e. The smallest absolute Gasteiger partial charge is 0.370 e. The second-order valence-electron chi connectivity index (χ2n) is 9.00. The molecule has 0 saturated carbocycles. The van der Waals surface area contributed by atoms with Gasteiger partial charge in [0.15, 0.2) is 5.69 Å². The first kappa shape index (κ1) is 30.2. The fourth-order valence-electron chi connectivity index (χ4n) is 3.77. The highest BCUT2D eigenvalue weighted by Gasteiger charge is 2.30. The van der Waals surface area contributed by atoms with E-state index >= 15 is 0 Å². The molecule has 0 fully saturated rings. The van der Waals surface area contributed by atoms with Crippen molar-refractivity contribution < 1.29 is 40.7 Å². The zero-order valence-corrected chi connectivity index (χ0v) is 21.7. The normalized spacial score (nSPS) is 11.8. The summed E-state index contributed by atoms with van der Waals surface area (Å²) in [5, 5.41) is 12.4. The zero-order chi connectivity index (χ0) is 30.3. The number of halogens is 6. The topological polar surface area (TPSA) is 98.1 Å². The van der Waals surface area contributed by atoms with Crippen molar-refractivity contribution >= 4 is 11.8 Å². The maximum absolute atomic E-state index is 13.0. The molecule has 1 aromatic heterocycles. The highest BCUT2D eigenvalue weighted by Crippen LogP contribution is 2.29. The summed E-state index contributed by atoms with van der Waals surface area (Å²) in [6.07, 6.45) is -9.05. The molecule has 0 aliphatic rings. The molecule has 0 unspecified atom stereocenters. The Kier molecular flexibility index (Phi) is 9.25. The third-order valence-corrected chi connectivity index (χ3v) is 5.89. The van der Waals surface area contributed by atoms with Gasteiger partial charge >= 0.3 is 12.4 Å². The van der Waals surface area contributed by atoms with E-state index in [1.54, 1.807) is 5.32 Å². The van der Waals surface area contributed by atoms with Crippen molar-refractivity contribution in [1.29, 1.82) is 0 Å². The fraction of sp³-hybridized carbons (Fsp3) is 0.214. The van der Waals surface area contributed by atoms with Gasteiger partial charge < -0.3 is 15.4 Å². The number of rotatable bonds is 10. The fourth-order valence-corrected chi connectivity index (χ4v) is 3.77. The number of amides is 2. The molecular formula is C28H23F6N5O3. The first-order chi connectivity index (χ1) is 19.9. The average Bonchev–Trinajstić information content (AvgIpc) is 3.38. The predicted octanol–water partition coefficient (Wildman–Crippen LogP) is 5.23. The van der Waals surface area contributed by atoms with Gasteiger partial charge in [0.25, 0.3) is 11.8 Å². The summed E-state index contributed by atoms with van der Waals surface area (Å²) in [6, 6.07) is 18.9. The monoisotopic (exact) mass is 591 g/mol. The molecule has 0 bridgehead atoms. The Bertz CT molecular complexity index is 1500. The minimum atomic E-state index is -4.56. The van der Waals surface area contributed by atoms with E-state index < -0.39 is 36.3 Å². The van der Waals surface area contributed by atoms with Crippen LogP contribution in [-0.2, 0) is 30.7 Å². The molecule has 220 valence electrons. The number of hydrogen-bond acceptors (Lipinski definition) is 5. The molecule has 3 aromatic carbocycles. The van der Waals surface area contributed by atoms with E-state index in [0.717, 1.165) is 17.7 Å². The van der Waals surface area contributed by atoms with Crippen LogP contribution in [0, 0.1) is 0 Å². The molecule has 0 spiro atoms. The predicted molar refractivity (Wildman–Crippen MR) is 137 cm³/mol. The highest BCUT2D eigenvalue weighted by molar-refractivity contribution is 5.94. The summed E-state index contributed by atoms with van der Waals surface area (Å²) in [7, 11) is 0. The van der Waals surface area contributed by atoms with Crippen molar-refractivity contribution in [3.63, 3.8) is 0 Å². The molecule has 0 radical (unpaired) electrons. The maximum atomic E-state index is 13.0. The Balaban J connectivity index is 1.52. The summed E-state index contributed by atoms with van der Waals surface area (Å²) in [4.78, 5) is 25.1. The van der Waals surface area contributed by atoms with Crippen LogP contribution in [0.15, 0.2) is 78.9 Å². The number of aromatic nitrogens is 3. The van der Waals surface area contributed by atoms with Gasteiger partial charge in [0.2, 0.25) is 0 Å². The lowest BCUT2D eigenvalue weighted by Crippen LogP contribution is -2.33. The van der Waals surface area contributed by atoms with Crippen LogP contribution >= 0.6 is 0 Å². The molecule has 0 aliphatic carbocycles. The molecule has 8 nitrogen and oxygen atoms in total. The number of nitrogens with one attached hydrogen (secondary N) is 2. The van der Waals surface area contributed by atoms with Gasteiger partial charge in [0.05, 0.1) is 24.5 Å². The molecule has 2 amide bonds. The standard InChI is InChI=1S/C28H23F6N5O3/c29-27(30,31)17-36-25(40)20-8-12-22(13-9-20)39-23(16-42-15-19-4-2-1-3-5-19)24(37-38-39)26(41)35-14-18-6-10-21(11-7-18)28(32,33)34/h1-13H,14-17H2,(H,35,41)(H,36,40). The molecule has 0 aliphatic heterocycles. The molecule has 4 aromatic rings. The first-order valence-corrected chi connectivity index (χ1v) is 12.4. The number of carbonyl (C=O) groups excluding carboxylic acids is 2. The highest BCUT2D eigenvalue weighted by atomic mass is 19.4. The lowest BCUT2D eigenvalue weighted by atomic mass is 10.1. The van der Waals surface area contributed by atoms with Gasteiger partial charge in [-0.1, -0.05) is 47.7 Å². The van der Waals surface area contributed by atoms with Crippen molar-refractivity contribution in [2.75, 3.05) is 6.54 Å². The Hall–Kier alpha value is -4.72. The van der Waals surface area contributed by atoms with Crippen molar-refractivity contribution in [3.8, 4) is 5.69 Å².